The zero-order valence-corrected chi connectivity index (χ0v) is 11.2. The van der Waals surface area contributed by atoms with Crippen LogP contribution in [0.3, 0.4) is 0 Å². The first-order valence-corrected chi connectivity index (χ1v) is 7.37. The van der Waals surface area contributed by atoms with E-state index in [9.17, 15) is 9.00 Å². The van der Waals surface area contributed by atoms with Gasteiger partial charge in [0.1, 0.15) is 0 Å². The van der Waals surface area contributed by atoms with E-state index >= 15 is 0 Å². The molecule has 0 spiro atoms. The molecule has 4 heteroatoms. The summed E-state index contributed by atoms with van der Waals surface area (Å²) in [4.78, 5) is 11.2. The van der Waals surface area contributed by atoms with Crippen LogP contribution >= 0.6 is 0 Å². The van der Waals surface area contributed by atoms with E-state index in [-0.39, 0.29) is 11.9 Å². The molecule has 0 bridgehead atoms. The molecule has 0 heterocycles. The van der Waals surface area contributed by atoms with Crippen molar-refractivity contribution in [2.75, 3.05) is 12.9 Å². The van der Waals surface area contributed by atoms with Crippen LogP contribution in [-0.4, -0.2) is 28.3 Å². The Hall–Kier alpha value is -0.380. The van der Waals surface area contributed by atoms with E-state index < -0.39 is 10.8 Å². The quantitative estimate of drug-likeness (QED) is 0.714. The van der Waals surface area contributed by atoms with Crippen LogP contribution in [0.1, 0.15) is 39.5 Å². The van der Waals surface area contributed by atoms with E-state index in [0.717, 1.165) is 18.8 Å². The lowest BCUT2D eigenvalue weighted by molar-refractivity contribution is -0.144. The molecule has 16 heavy (non-hydrogen) atoms. The molecule has 0 N–H and O–H groups in total. The number of hydrogen-bond donors (Lipinski definition) is 0. The largest absolute Gasteiger partial charge is 0.469 e. The molecule has 1 aliphatic carbocycles. The van der Waals surface area contributed by atoms with Gasteiger partial charge in [-0.3, -0.25) is 9.00 Å². The molecule has 0 aliphatic heterocycles. The van der Waals surface area contributed by atoms with Crippen molar-refractivity contribution in [1.29, 1.82) is 0 Å². The van der Waals surface area contributed by atoms with Crippen molar-refractivity contribution in [3.8, 4) is 0 Å². The van der Waals surface area contributed by atoms with Crippen LogP contribution < -0.4 is 0 Å². The molecule has 0 aromatic heterocycles. The van der Waals surface area contributed by atoms with Crippen LogP contribution in [0.2, 0.25) is 0 Å². The normalized spacial score (nSPS) is 29.4. The fraction of sp³-hybridized carbons (Fsp3) is 0.917. The average Bonchev–Trinajstić information content (AvgIpc) is 2.28. The van der Waals surface area contributed by atoms with E-state index in [1.165, 1.54) is 20.0 Å². The predicted octanol–water partition coefficient (Wildman–Crippen LogP) is 2.12. The summed E-state index contributed by atoms with van der Waals surface area (Å²) in [5.41, 5.74) is 0. The van der Waals surface area contributed by atoms with Crippen molar-refractivity contribution in [3.63, 3.8) is 0 Å². The third kappa shape index (κ3) is 3.89. The maximum absolute atomic E-state index is 12.0. The molecule has 1 aliphatic rings. The standard InChI is InChI=1S/C12H22O3S/c1-9-4-6-11(7-5-9)16(14)8-10(2)12(13)15-3/h9-11H,4-8H2,1-3H3. The summed E-state index contributed by atoms with van der Waals surface area (Å²) >= 11 is 0. The maximum Gasteiger partial charge on any atom is 0.309 e. The Morgan fingerprint density at radius 3 is 2.44 bits per heavy atom. The smallest absolute Gasteiger partial charge is 0.309 e. The predicted molar refractivity (Wildman–Crippen MR) is 65.6 cm³/mol. The van der Waals surface area contributed by atoms with Gasteiger partial charge in [0, 0.05) is 21.8 Å². The van der Waals surface area contributed by atoms with Gasteiger partial charge in [-0.05, 0) is 31.6 Å². The lowest BCUT2D eigenvalue weighted by atomic mass is 9.91. The molecule has 1 saturated carbocycles. The van der Waals surface area contributed by atoms with Gasteiger partial charge >= 0.3 is 5.97 Å². The molecule has 2 atom stereocenters. The third-order valence-electron chi connectivity index (χ3n) is 3.35. The Morgan fingerprint density at radius 2 is 1.94 bits per heavy atom. The van der Waals surface area contributed by atoms with Gasteiger partial charge in [0.2, 0.25) is 0 Å². The zero-order chi connectivity index (χ0) is 12.1. The van der Waals surface area contributed by atoms with E-state index in [1.54, 1.807) is 6.92 Å². The maximum atomic E-state index is 12.0. The Morgan fingerprint density at radius 1 is 1.38 bits per heavy atom. The van der Waals surface area contributed by atoms with E-state index in [1.807, 2.05) is 0 Å². The van der Waals surface area contributed by atoms with Crippen molar-refractivity contribution in [2.24, 2.45) is 11.8 Å². The van der Waals surface area contributed by atoms with Gasteiger partial charge in [-0.2, -0.15) is 0 Å². The number of rotatable bonds is 4. The van der Waals surface area contributed by atoms with Gasteiger partial charge in [0.15, 0.2) is 0 Å². The molecule has 1 fully saturated rings. The molecular formula is C12H22O3S. The Labute approximate surface area is 100 Å². The molecule has 0 aromatic rings. The second kappa shape index (κ2) is 6.38. The van der Waals surface area contributed by atoms with Gasteiger partial charge in [-0.15, -0.1) is 0 Å². The number of ether oxygens (including phenoxy) is 1. The highest BCUT2D eigenvalue weighted by Gasteiger charge is 2.26. The molecule has 0 aromatic carbocycles. The van der Waals surface area contributed by atoms with Crippen molar-refractivity contribution in [2.45, 2.75) is 44.8 Å². The van der Waals surface area contributed by atoms with Crippen LogP contribution in [0.15, 0.2) is 0 Å². The van der Waals surface area contributed by atoms with Crippen molar-refractivity contribution in [1.82, 2.24) is 0 Å². The van der Waals surface area contributed by atoms with Gasteiger partial charge in [-0.1, -0.05) is 13.8 Å². The minimum atomic E-state index is -0.875. The molecule has 2 unspecified atom stereocenters. The lowest BCUT2D eigenvalue weighted by Gasteiger charge is -2.26. The minimum Gasteiger partial charge on any atom is -0.469 e. The summed E-state index contributed by atoms with van der Waals surface area (Å²) in [7, 11) is 0.505. The summed E-state index contributed by atoms with van der Waals surface area (Å²) in [5.74, 6) is 0.722. The van der Waals surface area contributed by atoms with Crippen LogP contribution in [0, 0.1) is 11.8 Å². The summed E-state index contributed by atoms with van der Waals surface area (Å²) in [6, 6.07) is 0. The molecule has 0 amide bonds. The second-order valence-electron chi connectivity index (χ2n) is 4.85. The first-order valence-electron chi connectivity index (χ1n) is 5.99. The monoisotopic (exact) mass is 246 g/mol. The number of methoxy groups -OCH3 is 1. The van der Waals surface area contributed by atoms with Gasteiger partial charge in [0.25, 0.3) is 0 Å². The number of hydrogen-bond acceptors (Lipinski definition) is 3. The summed E-state index contributed by atoms with van der Waals surface area (Å²) < 4.78 is 16.7. The molecule has 1 rings (SSSR count). The van der Waals surface area contributed by atoms with Crippen LogP contribution in [0.4, 0.5) is 0 Å². The molecule has 0 saturated heterocycles. The molecular weight excluding hydrogens is 224 g/mol. The highest BCUT2D eigenvalue weighted by Crippen LogP contribution is 2.27. The highest BCUT2D eigenvalue weighted by molar-refractivity contribution is 7.85. The van der Waals surface area contributed by atoms with Crippen molar-refractivity contribution in [3.05, 3.63) is 0 Å². The van der Waals surface area contributed by atoms with E-state index in [0.29, 0.717) is 11.0 Å². The van der Waals surface area contributed by atoms with Crippen LogP contribution in [0.5, 0.6) is 0 Å². The second-order valence-corrected chi connectivity index (χ2v) is 6.61. The molecule has 0 radical (unpaired) electrons. The zero-order valence-electron chi connectivity index (χ0n) is 10.4. The average molecular weight is 246 g/mol. The highest BCUT2D eigenvalue weighted by atomic mass is 32.2. The molecule has 3 nitrogen and oxygen atoms in total. The van der Waals surface area contributed by atoms with Gasteiger partial charge < -0.3 is 4.74 Å². The Balaban J connectivity index is 2.37. The number of carbonyl (C=O) groups is 1. The van der Waals surface area contributed by atoms with Gasteiger partial charge in [0.05, 0.1) is 13.0 Å². The molecule has 94 valence electrons. The summed E-state index contributed by atoms with van der Waals surface area (Å²) in [6.45, 7) is 4.03. The topological polar surface area (TPSA) is 43.4 Å². The summed E-state index contributed by atoms with van der Waals surface area (Å²) in [6.07, 6.45) is 4.43. The number of carbonyl (C=O) groups excluding carboxylic acids is 1. The van der Waals surface area contributed by atoms with E-state index in [2.05, 4.69) is 11.7 Å². The Bertz CT molecular complexity index is 257. The van der Waals surface area contributed by atoms with Gasteiger partial charge in [-0.25, -0.2) is 0 Å². The van der Waals surface area contributed by atoms with Crippen LogP contribution in [0.25, 0.3) is 0 Å². The van der Waals surface area contributed by atoms with E-state index in [4.69, 9.17) is 0 Å². The third-order valence-corrected chi connectivity index (χ3v) is 5.40. The van der Waals surface area contributed by atoms with Crippen molar-refractivity contribution >= 4 is 16.8 Å². The summed E-state index contributed by atoms with van der Waals surface area (Å²) in [5, 5.41) is 0.295. The SMILES string of the molecule is COC(=O)C(C)CS(=O)C1CCC(C)CC1. The fourth-order valence-corrected chi connectivity index (χ4v) is 3.84. The fourth-order valence-electron chi connectivity index (χ4n) is 2.14. The number of esters is 1. The first-order chi connectivity index (χ1) is 7.54. The Kier molecular flexibility index (Phi) is 5.46. The minimum absolute atomic E-state index is 0.245. The lowest BCUT2D eigenvalue weighted by Crippen LogP contribution is -2.28. The van der Waals surface area contributed by atoms with Crippen molar-refractivity contribution < 1.29 is 13.7 Å². The first kappa shape index (κ1) is 13.7. The van der Waals surface area contributed by atoms with Crippen LogP contribution in [-0.2, 0) is 20.3 Å².